The molecule has 1 saturated carbocycles. The zero-order valence-electron chi connectivity index (χ0n) is 22.6. The smallest absolute Gasteiger partial charge is 0.264 e. The van der Waals surface area contributed by atoms with Crippen LogP contribution in [-0.2, 0) is 26.2 Å². The number of rotatable bonds is 10. The largest absolute Gasteiger partial charge is 0.352 e. The van der Waals surface area contributed by atoms with E-state index in [0.717, 1.165) is 41.1 Å². The van der Waals surface area contributed by atoms with Crippen molar-refractivity contribution < 1.29 is 18.0 Å². The van der Waals surface area contributed by atoms with Crippen LogP contribution >= 0.6 is 0 Å². The summed E-state index contributed by atoms with van der Waals surface area (Å²) in [6.45, 7) is 3.44. The molecule has 2 amide bonds. The number of sulfonamides is 1. The van der Waals surface area contributed by atoms with Gasteiger partial charge < -0.3 is 10.2 Å². The minimum atomic E-state index is -4.05. The molecule has 7 nitrogen and oxygen atoms in total. The van der Waals surface area contributed by atoms with Gasteiger partial charge in [-0.1, -0.05) is 85.5 Å². The molecule has 0 bridgehead atoms. The van der Waals surface area contributed by atoms with E-state index < -0.39 is 28.5 Å². The second kappa shape index (κ2) is 12.9. The lowest BCUT2D eigenvalue weighted by Crippen LogP contribution is -2.53. The first-order valence-corrected chi connectivity index (χ1v) is 15.0. The minimum absolute atomic E-state index is 0.0926. The quantitative estimate of drug-likeness (QED) is 0.385. The summed E-state index contributed by atoms with van der Waals surface area (Å²) in [5, 5.41) is 3.13. The average Bonchev–Trinajstić information content (AvgIpc) is 2.95. The van der Waals surface area contributed by atoms with Crippen molar-refractivity contribution in [3.8, 4) is 0 Å². The molecule has 0 saturated heterocycles. The fourth-order valence-corrected chi connectivity index (χ4v) is 6.44. The zero-order valence-corrected chi connectivity index (χ0v) is 23.4. The van der Waals surface area contributed by atoms with Crippen LogP contribution in [0.25, 0.3) is 0 Å². The van der Waals surface area contributed by atoms with Gasteiger partial charge in [-0.05, 0) is 56.5 Å². The van der Waals surface area contributed by atoms with Crippen LogP contribution in [0, 0.1) is 6.92 Å². The molecule has 0 aliphatic heterocycles. The Morgan fingerprint density at radius 3 is 2.18 bits per heavy atom. The van der Waals surface area contributed by atoms with E-state index >= 15 is 0 Å². The molecule has 0 spiro atoms. The van der Waals surface area contributed by atoms with Crippen molar-refractivity contribution in [1.29, 1.82) is 0 Å². The van der Waals surface area contributed by atoms with Gasteiger partial charge in [0.25, 0.3) is 10.0 Å². The number of nitrogens with one attached hydrogen (secondary N) is 1. The van der Waals surface area contributed by atoms with Crippen molar-refractivity contribution in [1.82, 2.24) is 10.2 Å². The molecule has 3 aromatic carbocycles. The molecule has 39 heavy (non-hydrogen) atoms. The molecule has 1 aliphatic carbocycles. The van der Waals surface area contributed by atoms with Crippen LogP contribution in [0.5, 0.6) is 0 Å². The van der Waals surface area contributed by atoms with Gasteiger partial charge in [0.1, 0.15) is 12.6 Å². The summed E-state index contributed by atoms with van der Waals surface area (Å²) in [7, 11) is -4.05. The maximum Gasteiger partial charge on any atom is 0.264 e. The van der Waals surface area contributed by atoms with E-state index in [-0.39, 0.29) is 23.4 Å². The van der Waals surface area contributed by atoms with E-state index in [0.29, 0.717) is 5.69 Å². The third-order valence-corrected chi connectivity index (χ3v) is 9.00. The molecule has 0 heterocycles. The van der Waals surface area contributed by atoms with Gasteiger partial charge in [-0.25, -0.2) is 8.42 Å². The Bertz CT molecular complexity index is 1360. The molecule has 8 heteroatoms. The summed E-state index contributed by atoms with van der Waals surface area (Å²) in [4.78, 5) is 28.9. The number of hydrogen-bond acceptors (Lipinski definition) is 4. The first-order valence-electron chi connectivity index (χ1n) is 13.5. The SMILES string of the molecule is Cc1cccc(CN(C(=O)CN(c2ccccc2)S(=O)(=O)c2ccccc2)C(C)C(=O)NC2CCCCC2)c1. The van der Waals surface area contributed by atoms with Crippen LogP contribution in [0.15, 0.2) is 89.8 Å². The number of hydrogen-bond donors (Lipinski definition) is 1. The number of aryl methyl sites for hydroxylation is 1. The second-order valence-corrected chi connectivity index (χ2v) is 12.1. The first kappa shape index (κ1) is 28.4. The van der Waals surface area contributed by atoms with Crippen molar-refractivity contribution in [2.24, 2.45) is 0 Å². The number of benzene rings is 3. The van der Waals surface area contributed by atoms with Crippen molar-refractivity contribution in [2.75, 3.05) is 10.8 Å². The van der Waals surface area contributed by atoms with Crippen molar-refractivity contribution in [3.63, 3.8) is 0 Å². The molecular formula is C31H37N3O4S. The van der Waals surface area contributed by atoms with Crippen LogP contribution < -0.4 is 9.62 Å². The number of nitrogens with zero attached hydrogens (tertiary/aromatic N) is 2. The molecule has 1 aliphatic rings. The summed E-state index contributed by atoms with van der Waals surface area (Å²) in [5.41, 5.74) is 2.29. The van der Waals surface area contributed by atoms with Gasteiger partial charge in [-0.15, -0.1) is 0 Å². The number of carbonyl (C=O) groups is 2. The Labute approximate surface area is 231 Å². The zero-order chi connectivity index (χ0) is 27.8. The van der Waals surface area contributed by atoms with Crippen LogP contribution in [-0.4, -0.2) is 43.8 Å². The van der Waals surface area contributed by atoms with Crippen LogP contribution in [0.2, 0.25) is 0 Å². The summed E-state index contributed by atoms with van der Waals surface area (Å²) in [5.74, 6) is -0.675. The van der Waals surface area contributed by atoms with E-state index in [2.05, 4.69) is 5.32 Å². The average molecular weight is 548 g/mol. The highest BCUT2D eigenvalue weighted by molar-refractivity contribution is 7.92. The molecular weight excluding hydrogens is 510 g/mol. The van der Waals surface area contributed by atoms with Crippen LogP contribution in [0.4, 0.5) is 5.69 Å². The Kier molecular flexibility index (Phi) is 9.41. The van der Waals surface area contributed by atoms with E-state index in [4.69, 9.17) is 0 Å². The second-order valence-electron chi connectivity index (χ2n) is 10.2. The predicted molar refractivity (Wildman–Crippen MR) is 154 cm³/mol. The summed E-state index contributed by atoms with van der Waals surface area (Å²) in [6, 6.07) is 23.8. The van der Waals surface area contributed by atoms with Gasteiger partial charge in [0.15, 0.2) is 0 Å². The van der Waals surface area contributed by atoms with Crippen molar-refractivity contribution in [3.05, 3.63) is 96.1 Å². The highest BCUT2D eigenvalue weighted by Crippen LogP contribution is 2.24. The fraction of sp³-hybridized carbons (Fsp3) is 0.355. The molecule has 0 radical (unpaired) electrons. The van der Waals surface area contributed by atoms with E-state index in [1.54, 1.807) is 55.5 Å². The molecule has 206 valence electrons. The maximum absolute atomic E-state index is 14.0. The van der Waals surface area contributed by atoms with E-state index in [1.165, 1.54) is 23.5 Å². The Morgan fingerprint density at radius 1 is 0.897 bits per heavy atom. The maximum atomic E-state index is 14.0. The lowest BCUT2D eigenvalue weighted by atomic mass is 9.95. The van der Waals surface area contributed by atoms with E-state index in [9.17, 15) is 18.0 Å². The molecule has 0 aromatic heterocycles. The normalized spacial score (nSPS) is 14.8. The highest BCUT2D eigenvalue weighted by Gasteiger charge is 2.33. The number of anilines is 1. The highest BCUT2D eigenvalue weighted by atomic mass is 32.2. The molecule has 1 unspecified atom stereocenters. The monoisotopic (exact) mass is 547 g/mol. The van der Waals surface area contributed by atoms with Gasteiger partial charge in [0.05, 0.1) is 10.6 Å². The van der Waals surface area contributed by atoms with Gasteiger partial charge in [-0.2, -0.15) is 0 Å². The standard InChI is InChI=1S/C31H37N3O4S/c1-24-13-12-14-26(21-24)22-33(25(2)31(36)32-27-15-6-3-7-16-27)30(35)23-34(28-17-8-4-9-18-28)39(37,38)29-19-10-5-11-20-29/h4-5,8-14,17-21,25,27H,3,6-7,15-16,22-23H2,1-2H3,(H,32,36). The summed E-state index contributed by atoms with van der Waals surface area (Å²) in [6.07, 6.45) is 5.19. The third kappa shape index (κ3) is 7.26. The van der Waals surface area contributed by atoms with Gasteiger partial charge in [0, 0.05) is 12.6 Å². The topological polar surface area (TPSA) is 86.8 Å². The Morgan fingerprint density at radius 2 is 1.54 bits per heavy atom. The number of para-hydroxylation sites is 1. The lowest BCUT2D eigenvalue weighted by molar-refractivity contribution is -0.139. The Balaban J connectivity index is 1.65. The first-order chi connectivity index (χ1) is 18.8. The summed E-state index contributed by atoms with van der Waals surface area (Å²) >= 11 is 0. The van der Waals surface area contributed by atoms with E-state index in [1.807, 2.05) is 31.2 Å². The number of carbonyl (C=O) groups excluding carboxylic acids is 2. The third-order valence-electron chi connectivity index (χ3n) is 7.21. The molecule has 3 aromatic rings. The Hall–Kier alpha value is -3.65. The molecule has 4 rings (SSSR count). The van der Waals surface area contributed by atoms with Gasteiger partial charge >= 0.3 is 0 Å². The molecule has 1 N–H and O–H groups in total. The van der Waals surface area contributed by atoms with Gasteiger partial charge in [0.2, 0.25) is 11.8 Å². The van der Waals surface area contributed by atoms with Crippen molar-refractivity contribution >= 4 is 27.5 Å². The van der Waals surface area contributed by atoms with Gasteiger partial charge in [-0.3, -0.25) is 13.9 Å². The number of amides is 2. The lowest BCUT2D eigenvalue weighted by Gasteiger charge is -2.33. The summed E-state index contributed by atoms with van der Waals surface area (Å²) < 4.78 is 28.6. The fourth-order valence-electron chi connectivity index (χ4n) is 5.00. The van der Waals surface area contributed by atoms with Crippen LogP contribution in [0.3, 0.4) is 0 Å². The van der Waals surface area contributed by atoms with Crippen molar-refractivity contribution in [2.45, 2.75) is 69.5 Å². The minimum Gasteiger partial charge on any atom is -0.352 e. The predicted octanol–water partition coefficient (Wildman–Crippen LogP) is 5.06. The molecule has 1 fully saturated rings. The molecule has 1 atom stereocenters. The van der Waals surface area contributed by atoms with Crippen LogP contribution in [0.1, 0.15) is 50.2 Å².